The number of hydrogen-bond acceptors (Lipinski definition) is 2. The van der Waals surface area contributed by atoms with E-state index in [1.165, 1.54) is 13.2 Å². The lowest BCUT2D eigenvalue weighted by Gasteiger charge is -2.09. The first-order chi connectivity index (χ1) is 7.84. The molecule has 0 N–H and O–H groups in total. The molecule has 94 valence electrons. The van der Waals surface area contributed by atoms with Crippen LogP contribution in [0, 0.1) is 5.82 Å². The first-order valence-corrected chi connectivity index (χ1v) is 4.77. The predicted molar refractivity (Wildman–Crippen MR) is 51.7 cm³/mol. The molecule has 0 saturated heterocycles. The number of aryl methyl sites for hydroxylation is 1. The minimum absolute atomic E-state index is 0.0422. The zero-order valence-corrected chi connectivity index (χ0v) is 8.97. The van der Waals surface area contributed by atoms with E-state index in [-0.39, 0.29) is 18.4 Å². The summed E-state index contributed by atoms with van der Waals surface area (Å²) in [5.74, 6) is -1.85. The van der Waals surface area contributed by atoms with E-state index in [4.69, 9.17) is 0 Å². The zero-order chi connectivity index (χ0) is 13.1. The number of rotatable bonds is 3. The van der Waals surface area contributed by atoms with Crippen molar-refractivity contribution < 1.29 is 27.1 Å². The summed E-state index contributed by atoms with van der Waals surface area (Å²) in [5.41, 5.74) is -1.08. The molecule has 2 nitrogen and oxygen atoms in total. The average molecular weight is 250 g/mol. The Morgan fingerprint density at radius 3 is 2.53 bits per heavy atom. The third kappa shape index (κ3) is 3.72. The van der Waals surface area contributed by atoms with Crippen molar-refractivity contribution in [2.45, 2.75) is 19.0 Å². The summed E-state index contributed by atoms with van der Waals surface area (Å²) in [6.07, 6.45) is -4.69. The highest BCUT2D eigenvalue weighted by Crippen LogP contribution is 2.32. The Labute approximate surface area is 95.2 Å². The van der Waals surface area contributed by atoms with Crippen molar-refractivity contribution in [3.8, 4) is 0 Å². The first-order valence-electron chi connectivity index (χ1n) is 4.77. The van der Waals surface area contributed by atoms with Gasteiger partial charge in [0.2, 0.25) is 0 Å². The van der Waals surface area contributed by atoms with Gasteiger partial charge in [-0.3, -0.25) is 4.79 Å². The van der Waals surface area contributed by atoms with Crippen LogP contribution in [0.3, 0.4) is 0 Å². The lowest BCUT2D eigenvalue weighted by atomic mass is 10.1. The molecule has 0 unspecified atom stereocenters. The molecule has 0 atom stereocenters. The molecule has 0 aliphatic rings. The van der Waals surface area contributed by atoms with Crippen LogP contribution in [-0.4, -0.2) is 13.1 Å². The van der Waals surface area contributed by atoms with E-state index < -0.39 is 23.5 Å². The van der Waals surface area contributed by atoms with Gasteiger partial charge in [0.25, 0.3) is 0 Å². The number of alkyl halides is 3. The topological polar surface area (TPSA) is 26.3 Å². The summed E-state index contributed by atoms with van der Waals surface area (Å²) in [7, 11) is 1.19. The number of halogens is 4. The highest BCUT2D eigenvalue weighted by molar-refractivity contribution is 5.69. The van der Waals surface area contributed by atoms with Crippen molar-refractivity contribution in [1.82, 2.24) is 0 Å². The quantitative estimate of drug-likeness (QED) is 0.609. The highest BCUT2D eigenvalue weighted by atomic mass is 19.4. The summed E-state index contributed by atoms with van der Waals surface area (Å²) < 4.78 is 54.4. The molecule has 0 radical (unpaired) electrons. The summed E-state index contributed by atoms with van der Waals surface area (Å²) >= 11 is 0. The van der Waals surface area contributed by atoms with Crippen molar-refractivity contribution in [1.29, 1.82) is 0 Å². The fourth-order valence-electron chi connectivity index (χ4n) is 1.29. The maximum Gasteiger partial charge on any atom is 0.419 e. The molecular formula is C11H10F4O2. The van der Waals surface area contributed by atoms with Gasteiger partial charge in [0.15, 0.2) is 0 Å². The average Bonchev–Trinajstić information content (AvgIpc) is 2.26. The summed E-state index contributed by atoms with van der Waals surface area (Å²) in [5, 5.41) is 0. The molecular weight excluding hydrogens is 240 g/mol. The monoisotopic (exact) mass is 250 g/mol. The van der Waals surface area contributed by atoms with E-state index in [9.17, 15) is 22.4 Å². The SMILES string of the molecule is COC(=O)CCc1ccc(F)c(C(F)(F)F)c1. The molecule has 0 amide bonds. The van der Waals surface area contributed by atoms with Crippen molar-refractivity contribution >= 4 is 5.97 Å². The van der Waals surface area contributed by atoms with E-state index in [1.807, 2.05) is 0 Å². The molecule has 17 heavy (non-hydrogen) atoms. The van der Waals surface area contributed by atoms with Gasteiger partial charge in [-0.2, -0.15) is 13.2 Å². The molecule has 0 fully saturated rings. The molecule has 1 aromatic rings. The van der Waals surface area contributed by atoms with Gasteiger partial charge in [-0.1, -0.05) is 6.07 Å². The fourth-order valence-corrected chi connectivity index (χ4v) is 1.29. The van der Waals surface area contributed by atoms with Crippen LogP contribution in [0.15, 0.2) is 18.2 Å². The molecule has 0 aromatic heterocycles. The molecule has 0 aliphatic heterocycles. The van der Waals surface area contributed by atoms with E-state index in [0.717, 1.165) is 6.07 Å². The molecule has 0 aliphatic carbocycles. The van der Waals surface area contributed by atoms with Crippen molar-refractivity contribution in [2.75, 3.05) is 7.11 Å². The number of methoxy groups -OCH3 is 1. The standard InChI is InChI=1S/C11H10F4O2/c1-17-10(16)5-3-7-2-4-9(12)8(6-7)11(13,14)15/h2,4,6H,3,5H2,1H3. The van der Waals surface area contributed by atoms with Gasteiger partial charge >= 0.3 is 12.1 Å². The van der Waals surface area contributed by atoms with Gasteiger partial charge in [-0.05, 0) is 24.1 Å². The Balaban J connectivity index is 2.86. The second-order valence-corrected chi connectivity index (χ2v) is 3.39. The van der Waals surface area contributed by atoms with E-state index in [1.54, 1.807) is 0 Å². The molecule has 1 aromatic carbocycles. The van der Waals surface area contributed by atoms with Crippen LogP contribution in [-0.2, 0) is 22.1 Å². The predicted octanol–water partition coefficient (Wildman–Crippen LogP) is 2.95. The Morgan fingerprint density at radius 2 is 2.00 bits per heavy atom. The third-order valence-corrected chi connectivity index (χ3v) is 2.18. The van der Waals surface area contributed by atoms with E-state index in [2.05, 4.69) is 4.74 Å². The number of esters is 1. The second kappa shape index (κ2) is 5.16. The van der Waals surface area contributed by atoms with Crippen molar-refractivity contribution in [3.05, 3.63) is 35.1 Å². The summed E-state index contributed by atoms with van der Waals surface area (Å²) in [6, 6.07) is 2.67. The van der Waals surface area contributed by atoms with Crippen LogP contribution in [0.4, 0.5) is 17.6 Å². The number of ether oxygens (including phenoxy) is 1. The van der Waals surface area contributed by atoms with Gasteiger partial charge in [-0.15, -0.1) is 0 Å². The molecule has 0 bridgehead atoms. The van der Waals surface area contributed by atoms with Crippen LogP contribution in [0.25, 0.3) is 0 Å². The van der Waals surface area contributed by atoms with E-state index in [0.29, 0.717) is 6.07 Å². The number of benzene rings is 1. The van der Waals surface area contributed by atoms with Gasteiger partial charge in [0, 0.05) is 6.42 Å². The Bertz CT molecular complexity index is 412. The summed E-state index contributed by atoms with van der Waals surface area (Å²) in [6.45, 7) is 0. The van der Waals surface area contributed by atoms with Gasteiger partial charge in [0.05, 0.1) is 12.7 Å². The maximum atomic E-state index is 12.9. The van der Waals surface area contributed by atoms with Crippen molar-refractivity contribution in [3.63, 3.8) is 0 Å². The second-order valence-electron chi connectivity index (χ2n) is 3.39. The van der Waals surface area contributed by atoms with Crippen LogP contribution in [0.1, 0.15) is 17.5 Å². The van der Waals surface area contributed by atoms with Crippen LogP contribution >= 0.6 is 0 Å². The zero-order valence-electron chi connectivity index (χ0n) is 8.97. The largest absolute Gasteiger partial charge is 0.469 e. The Morgan fingerprint density at radius 1 is 1.35 bits per heavy atom. The first kappa shape index (κ1) is 13.5. The Kier molecular flexibility index (Phi) is 4.09. The van der Waals surface area contributed by atoms with Crippen LogP contribution in [0.2, 0.25) is 0 Å². The lowest BCUT2D eigenvalue weighted by molar-refractivity contribution is -0.140. The van der Waals surface area contributed by atoms with Gasteiger partial charge < -0.3 is 4.74 Å². The van der Waals surface area contributed by atoms with Crippen LogP contribution in [0.5, 0.6) is 0 Å². The number of carbonyl (C=O) groups is 1. The molecule has 0 saturated carbocycles. The van der Waals surface area contributed by atoms with Crippen molar-refractivity contribution in [2.24, 2.45) is 0 Å². The van der Waals surface area contributed by atoms with Crippen LogP contribution < -0.4 is 0 Å². The lowest BCUT2D eigenvalue weighted by Crippen LogP contribution is -2.09. The van der Waals surface area contributed by atoms with E-state index >= 15 is 0 Å². The molecule has 0 heterocycles. The number of carbonyl (C=O) groups excluding carboxylic acids is 1. The molecule has 1 rings (SSSR count). The maximum absolute atomic E-state index is 12.9. The third-order valence-electron chi connectivity index (χ3n) is 2.18. The number of hydrogen-bond donors (Lipinski definition) is 0. The van der Waals surface area contributed by atoms with Gasteiger partial charge in [-0.25, -0.2) is 4.39 Å². The normalized spacial score (nSPS) is 11.4. The Hall–Kier alpha value is -1.59. The van der Waals surface area contributed by atoms with Gasteiger partial charge in [0.1, 0.15) is 5.82 Å². The summed E-state index contributed by atoms with van der Waals surface area (Å²) in [4.78, 5) is 10.8. The minimum Gasteiger partial charge on any atom is -0.469 e. The fraction of sp³-hybridized carbons (Fsp3) is 0.364. The smallest absolute Gasteiger partial charge is 0.419 e. The molecule has 0 spiro atoms. The minimum atomic E-state index is -4.73. The molecule has 6 heteroatoms. The highest BCUT2D eigenvalue weighted by Gasteiger charge is 2.34.